The second-order valence-corrected chi connectivity index (χ2v) is 10.5. The third-order valence-electron chi connectivity index (χ3n) is 5.96. The van der Waals surface area contributed by atoms with Crippen molar-refractivity contribution in [2.45, 2.75) is 38.3 Å². The molecular weight excluding hydrogens is 490 g/mol. The van der Waals surface area contributed by atoms with Crippen molar-refractivity contribution in [1.82, 2.24) is 10.2 Å². The van der Waals surface area contributed by atoms with Gasteiger partial charge in [0.2, 0.25) is 11.8 Å². The molecule has 3 aromatic rings. The highest BCUT2D eigenvalue weighted by Crippen LogP contribution is 2.25. The van der Waals surface area contributed by atoms with Gasteiger partial charge in [0.1, 0.15) is 18.3 Å². The van der Waals surface area contributed by atoms with Gasteiger partial charge in [-0.2, -0.15) is 0 Å². The third kappa shape index (κ3) is 6.89. The molecule has 0 spiro atoms. The Labute approximate surface area is 218 Å². The highest BCUT2D eigenvalue weighted by molar-refractivity contribution is 7.92. The number of methoxy groups -OCH3 is 1. The van der Waals surface area contributed by atoms with Crippen molar-refractivity contribution in [1.29, 1.82) is 0 Å². The predicted molar refractivity (Wildman–Crippen MR) is 144 cm³/mol. The molecule has 3 aromatic carbocycles. The van der Waals surface area contributed by atoms with Crippen LogP contribution < -0.4 is 14.4 Å². The van der Waals surface area contributed by atoms with Gasteiger partial charge in [0, 0.05) is 13.1 Å². The van der Waals surface area contributed by atoms with Crippen LogP contribution in [0.25, 0.3) is 0 Å². The fourth-order valence-electron chi connectivity index (χ4n) is 3.79. The summed E-state index contributed by atoms with van der Waals surface area (Å²) in [6.45, 7) is 5.38. The quantitative estimate of drug-likeness (QED) is 0.413. The maximum atomic E-state index is 13.8. The van der Waals surface area contributed by atoms with Crippen molar-refractivity contribution in [3.63, 3.8) is 0 Å². The Balaban J connectivity index is 1.99. The van der Waals surface area contributed by atoms with Gasteiger partial charge in [0.25, 0.3) is 10.0 Å². The average molecular weight is 524 g/mol. The van der Waals surface area contributed by atoms with Gasteiger partial charge in [-0.25, -0.2) is 8.42 Å². The Morgan fingerprint density at radius 3 is 2.14 bits per heavy atom. The van der Waals surface area contributed by atoms with Gasteiger partial charge in [-0.15, -0.1) is 0 Å². The number of carbonyl (C=O) groups is 2. The molecule has 1 N–H and O–H groups in total. The fraction of sp³-hybridized carbons (Fsp3) is 0.286. The molecular formula is C28H33N3O5S. The number of benzene rings is 3. The van der Waals surface area contributed by atoms with E-state index in [-0.39, 0.29) is 17.3 Å². The fourth-order valence-corrected chi connectivity index (χ4v) is 5.23. The number of hydrogen-bond acceptors (Lipinski definition) is 5. The lowest BCUT2D eigenvalue weighted by atomic mass is 10.1. The van der Waals surface area contributed by atoms with Crippen molar-refractivity contribution in [3.8, 4) is 5.75 Å². The first-order chi connectivity index (χ1) is 17.7. The van der Waals surface area contributed by atoms with Crippen LogP contribution in [0.1, 0.15) is 25.0 Å². The average Bonchev–Trinajstić information content (AvgIpc) is 2.91. The molecule has 8 nitrogen and oxygen atoms in total. The number of amides is 2. The zero-order valence-electron chi connectivity index (χ0n) is 21.5. The summed E-state index contributed by atoms with van der Waals surface area (Å²) >= 11 is 0. The maximum Gasteiger partial charge on any atom is 0.264 e. The molecule has 0 radical (unpaired) electrons. The predicted octanol–water partition coefficient (Wildman–Crippen LogP) is 3.75. The lowest BCUT2D eigenvalue weighted by molar-refractivity contribution is -0.139. The van der Waals surface area contributed by atoms with Crippen molar-refractivity contribution >= 4 is 27.5 Å². The Morgan fingerprint density at radius 1 is 0.946 bits per heavy atom. The maximum absolute atomic E-state index is 13.8. The summed E-state index contributed by atoms with van der Waals surface area (Å²) in [5.74, 6) is -0.162. The molecule has 196 valence electrons. The molecule has 2 amide bonds. The highest BCUT2D eigenvalue weighted by atomic mass is 32.2. The van der Waals surface area contributed by atoms with Gasteiger partial charge in [-0.05, 0) is 62.7 Å². The number of aryl methyl sites for hydroxylation is 1. The first-order valence-corrected chi connectivity index (χ1v) is 13.5. The van der Waals surface area contributed by atoms with Crippen LogP contribution in [0.2, 0.25) is 0 Å². The summed E-state index contributed by atoms with van der Waals surface area (Å²) in [7, 11) is -2.50. The number of sulfonamides is 1. The van der Waals surface area contributed by atoms with E-state index < -0.39 is 28.5 Å². The summed E-state index contributed by atoms with van der Waals surface area (Å²) in [4.78, 5) is 28.0. The van der Waals surface area contributed by atoms with E-state index >= 15 is 0 Å². The SMILES string of the molecule is CCNC(=O)[C@@H](C)N(Cc1ccc(OC)cc1)C(=O)CN(c1ccc(C)cc1)S(=O)(=O)c1ccccc1. The molecule has 37 heavy (non-hydrogen) atoms. The number of carbonyl (C=O) groups excluding carboxylic acids is 2. The number of nitrogens with one attached hydrogen (secondary N) is 1. The molecule has 0 saturated carbocycles. The van der Waals surface area contributed by atoms with Gasteiger partial charge >= 0.3 is 0 Å². The monoisotopic (exact) mass is 523 g/mol. The molecule has 9 heteroatoms. The van der Waals surface area contributed by atoms with E-state index in [0.29, 0.717) is 18.0 Å². The third-order valence-corrected chi connectivity index (χ3v) is 7.75. The normalized spacial score (nSPS) is 11.9. The standard InChI is InChI=1S/C28H33N3O5S/c1-5-29-28(33)22(3)30(19-23-13-17-25(36-4)18-14-23)27(32)20-31(24-15-11-21(2)12-16-24)37(34,35)26-9-7-6-8-10-26/h6-18,22H,5,19-20H2,1-4H3,(H,29,33)/t22-/m1/s1. The first kappa shape index (κ1) is 27.7. The topological polar surface area (TPSA) is 96.0 Å². The van der Waals surface area contributed by atoms with Crippen LogP contribution >= 0.6 is 0 Å². The molecule has 0 heterocycles. The van der Waals surface area contributed by atoms with Gasteiger partial charge < -0.3 is 15.0 Å². The zero-order valence-corrected chi connectivity index (χ0v) is 22.4. The Kier molecular flexibility index (Phi) is 9.30. The number of hydrogen-bond donors (Lipinski definition) is 1. The van der Waals surface area contributed by atoms with Gasteiger partial charge in [-0.1, -0.05) is 48.0 Å². The summed E-state index contributed by atoms with van der Waals surface area (Å²) in [5.41, 5.74) is 2.09. The van der Waals surface area contributed by atoms with Crippen molar-refractivity contribution < 1.29 is 22.7 Å². The molecule has 0 unspecified atom stereocenters. The van der Waals surface area contributed by atoms with Crippen LogP contribution in [0.15, 0.2) is 83.8 Å². The summed E-state index contributed by atoms with van der Waals surface area (Å²) in [5, 5.41) is 2.75. The van der Waals surface area contributed by atoms with E-state index in [0.717, 1.165) is 15.4 Å². The highest BCUT2D eigenvalue weighted by Gasteiger charge is 2.32. The van der Waals surface area contributed by atoms with Crippen LogP contribution in [-0.2, 0) is 26.2 Å². The van der Waals surface area contributed by atoms with Crippen LogP contribution in [0.4, 0.5) is 5.69 Å². The number of anilines is 1. The minimum Gasteiger partial charge on any atom is -0.497 e. The van der Waals surface area contributed by atoms with Crippen LogP contribution in [-0.4, -0.2) is 51.4 Å². The number of ether oxygens (including phenoxy) is 1. The zero-order chi connectivity index (χ0) is 27.0. The lowest BCUT2D eigenvalue weighted by Gasteiger charge is -2.32. The van der Waals surface area contributed by atoms with Crippen LogP contribution in [0, 0.1) is 6.92 Å². The molecule has 3 rings (SSSR count). The molecule has 0 fully saturated rings. The second kappa shape index (κ2) is 12.4. The lowest BCUT2D eigenvalue weighted by Crippen LogP contribution is -2.51. The van der Waals surface area contributed by atoms with E-state index in [9.17, 15) is 18.0 Å². The van der Waals surface area contributed by atoms with Crippen molar-refractivity contribution in [2.24, 2.45) is 0 Å². The van der Waals surface area contributed by atoms with Gasteiger partial charge in [-0.3, -0.25) is 13.9 Å². The van der Waals surface area contributed by atoms with E-state index in [1.54, 1.807) is 75.6 Å². The van der Waals surface area contributed by atoms with Gasteiger partial charge in [0.15, 0.2) is 0 Å². The number of likely N-dealkylation sites (N-methyl/N-ethyl adjacent to an activating group) is 1. The molecule has 0 bridgehead atoms. The number of rotatable bonds is 11. The van der Waals surface area contributed by atoms with Gasteiger partial charge in [0.05, 0.1) is 17.7 Å². The molecule has 0 aromatic heterocycles. The van der Waals surface area contributed by atoms with E-state index in [4.69, 9.17) is 4.74 Å². The largest absolute Gasteiger partial charge is 0.497 e. The Hall–Kier alpha value is -3.85. The molecule has 0 aliphatic heterocycles. The minimum absolute atomic E-state index is 0.0712. The summed E-state index contributed by atoms with van der Waals surface area (Å²) in [6, 6.07) is 21.2. The Morgan fingerprint density at radius 2 is 1.57 bits per heavy atom. The molecule has 0 saturated heterocycles. The number of nitrogens with zero attached hydrogens (tertiary/aromatic N) is 2. The van der Waals surface area contributed by atoms with Crippen molar-refractivity contribution in [3.05, 3.63) is 90.0 Å². The molecule has 0 aliphatic carbocycles. The van der Waals surface area contributed by atoms with E-state index in [2.05, 4.69) is 5.32 Å². The minimum atomic E-state index is -4.06. The summed E-state index contributed by atoms with van der Waals surface area (Å²) in [6.07, 6.45) is 0. The van der Waals surface area contributed by atoms with Crippen LogP contribution in [0.3, 0.4) is 0 Å². The van der Waals surface area contributed by atoms with Crippen LogP contribution in [0.5, 0.6) is 5.75 Å². The van der Waals surface area contributed by atoms with E-state index in [1.165, 1.54) is 17.0 Å². The first-order valence-electron chi connectivity index (χ1n) is 12.0. The molecule has 0 aliphatic rings. The smallest absolute Gasteiger partial charge is 0.264 e. The Bertz CT molecular complexity index is 1290. The van der Waals surface area contributed by atoms with Crippen molar-refractivity contribution in [2.75, 3.05) is 24.5 Å². The molecule has 1 atom stereocenters. The van der Waals surface area contributed by atoms with E-state index in [1.807, 2.05) is 19.1 Å². The second-order valence-electron chi connectivity index (χ2n) is 8.60. The summed E-state index contributed by atoms with van der Waals surface area (Å²) < 4.78 is 33.6.